The number of aliphatic carboxylic acids is 3. The van der Waals surface area contributed by atoms with Crippen LogP contribution in [-0.4, -0.2) is 196 Å². The van der Waals surface area contributed by atoms with Crippen molar-refractivity contribution in [2.45, 2.75) is 160 Å². The lowest BCUT2D eigenvalue weighted by Gasteiger charge is -2.26. The van der Waals surface area contributed by atoms with Crippen LogP contribution in [0.2, 0.25) is 0 Å². The van der Waals surface area contributed by atoms with E-state index >= 15 is 0 Å². The van der Waals surface area contributed by atoms with E-state index in [0.29, 0.717) is 0 Å². The number of hydrogen-bond donors (Lipinski definition) is 19. The van der Waals surface area contributed by atoms with Crippen LogP contribution in [0, 0.1) is 11.8 Å². The van der Waals surface area contributed by atoms with Crippen molar-refractivity contribution in [3.05, 3.63) is 0 Å². The molecule has 35 nitrogen and oxygen atoms in total. The Morgan fingerprint density at radius 1 is 0.439 bits per heavy atom. The fourth-order valence-corrected chi connectivity index (χ4v) is 7.15. The summed E-state index contributed by atoms with van der Waals surface area (Å²) in [5, 5.41) is 60.3. The molecule has 0 rings (SSSR count). The van der Waals surface area contributed by atoms with Gasteiger partial charge in [-0.25, -0.2) is 4.79 Å². The average molecular weight is 1170 g/mol. The Labute approximate surface area is 470 Å². The van der Waals surface area contributed by atoms with Gasteiger partial charge >= 0.3 is 17.9 Å². The first kappa shape index (κ1) is 73.2. The molecule has 0 saturated carbocycles. The van der Waals surface area contributed by atoms with Crippen LogP contribution in [-0.2, 0) is 71.9 Å². The van der Waals surface area contributed by atoms with Crippen molar-refractivity contribution in [3.8, 4) is 0 Å². The molecule has 0 aliphatic carbocycles. The summed E-state index contributed by atoms with van der Waals surface area (Å²) in [6.45, 7) is 5.22. The lowest BCUT2D eigenvalue weighted by Crippen LogP contribution is -2.60. The SMILES string of the molecule is CC(C)C[C@H](NC(=O)CNC(=O)[C@H](CCCN=C(N)N)NC(=O)[C@H](CCC(N)=O)NC(=O)[C@H](CO)NC(=O)[C@H](C)NC(=O)[C@H](CCC(N)=O)NC(=O)[C@H](CC(=O)O)NC(=O)[C@@H](N)CC(C)C)C(=O)NCC(=O)N[C@@H](CCC(=O)O)C(=O)O. The van der Waals surface area contributed by atoms with Crippen LogP contribution in [0.1, 0.15) is 105 Å². The van der Waals surface area contributed by atoms with Crippen LogP contribution in [0.4, 0.5) is 0 Å². The van der Waals surface area contributed by atoms with E-state index in [4.69, 9.17) is 33.8 Å². The summed E-state index contributed by atoms with van der Waals surface area (Å²) < 4.78 is 0. The first-order valence-electron chi connectivity index (χ1n) is 25.8. The number of carbonyl (C=O) groups is 15. The lowest BCUT2D eigenvalue weighted by atomic mass is 10.0. The van der Waals surface area contributed by atoms with Gasteiger partial charge in [0.15, 0.2) is 5.96 Å². The summed E-state index contributed by atoms with van der Waals surface area (Å²) in [4.78, 5) is 194. The zero-order chi connectivity index (χ0) is 63.0. The maximum Gasteiger partial charge on any atom is 0.326 e. The van der Waals surface area contributed by atoms with Crippen LogP contribution in [0.15, 0.2) is 4.99 Å². The second-order valence-corrected chi connectivity index (χ2v) is 19.6. The molecule has 0 radical (unpaired) electrons. The maximum absolute atomic E-state index is 13.8. The minimum Gasteiger partial charge on any atom is -0.481 e. The Morgan fingerprint density at radius 2 is 0.854 bits per heavy atom. The van der Waals surface area contributed by atoms with Gasteiger partial charge in [-0.15, -0.1) is 0 Å². The van der Waals surface area contributed by atoms with Crippen molar-refractivity contribution in [1.82, 2.24) is 53.2 Å². The molecule has 9 atom stereocenters. The van der Waals surface area contributed by atoms with Crippen molar-refractivity contribution in [2.75, 3.05) is 26.2 Å². The molecule has 0 fully saturated rings. The Balaban J connectivity index is 6.29. The molecule has 462 valence electrons. The third-order valence-corrected chi connectivity index (χ3v) is 11.3. The Hall–Kier alpha value is -8.76. The van der Waals surface area contributed by atoms with Gasteiger partial charge in [0, 0.05) is 25.8 Å². The van der Waals surface area contributed by atoms with Crippen molar-refractivity contribution in [3.63, 3.8) is 0 Å². The standard InChI is InChI=1S/C47H80N16O19/c1-21(2)15-24(48)39(74)62-30(17-37(71)72)44(79)60-26(8-11-32(49)65)42(77)56-23(5)38(73)63-31(20-64)45(80)61-27(9-12-33(50)66)43(78)59-25(7-6-14-53-47(51)52)40(75)54-19-35(68)58-29(16-22(3)4)41(76)55-18-34(67)57-28(46(81)82)10-13-36(69)70/h21-31,64H,6-20,48H2,1-5H3,(H2,49,65)(H2,50,66)(H,54,75)(H,55,76)(H,56,77)(H,57,67)(H,58,68)(H,59,78)(H,60,79)(H,61,80)(H,62,74)(H,63,73)(H,69,70)(H,71,72)(H,81,82)(H4,51,52,53)/t23-,24-,25-,26-,27-,28-,29-,30-,31-/m0/s1. The number of nitrogens with zero attached hydrogens (tertiary/aromatic N) is 1. The highest BCUT2D eigenvalue weighted by atomic mass is 16.4. The molecule has 0 heterocycles. The number of amides is 12. The molecule has 35 heteroatoms. The van der Waals surface area contributed by atoms with Gasteiger partial charge in [0.25, 0.3) is 0 Å². The second kappa shape index (κ2) is 38.0. The van der Waals surface area contributed by atoms with Gasteiger partial charge in [-0.05, 0) is 63.7 Å². The smallest absolute Gasteiger partial charge is 0.326 e. The molecule has 0 aliphatic rings. The number of primary amides is 2. The van der Waals surface area contributed by atoms with Gasteiger partial charge in [-0.2, -0.15) is 0 Å². The van der Waals surface area contributed by atoms with Gasteiger partial charge in [-0.1, -0.05) is 27.7 Å². The molecule has 0 aromatic carbocycles. The normalized spacial score (nSPS) is 14.2. The number of carbonyl (C=O) groups excluding carboxylic acids is 12. The molecule has 0 unspecified atom stereocenters. The van der Waals surface area contributed by atoms with Crippen molar-refractivity contribution in [1.29, 1.82) is 0 Å². The highest BCUT2D eigenvalue weighted by Crippen LogP contribution is 2.09. The third kappa shape index (κ3) is 31.7. The zero-order valence-electron chi connectivity index (χ0n) is 46.2. The molecule has 0 saturated heterocycles. The number of guanidine groups is 1. The number of carboxylic acid groups (broad SMARTS) is 3. The van der Waals surface area contributed by atoms with Crippen molar-refractivity contribution in [2.24, 2.45) is 45.5 Å². The summed E-state index contributed by atoms with van der Waals surface area (Å²) >= 11 is 0. The lowest BCUT2D eigenvalue weighted by molar-refractivity contribution is -0.143. The number of nitrogens with two attached hydrogens (primary N) is 5. The predicted molar refractivity (Wildman–Crippen MR) is 285 cm³/mol. The predicted octanol–water partition coefficient (Wildman–Crippen LogP) is -8.46. The molecule has 12 amide bonds. The van der Waals surface area contributed by atoms with E-state index in [0.717, 1.165) is 6.92 Å². The number of aliphatic hydroxyl groups is 1. The van der Waals surface area contributed by atoms with Crippen LogP contribution in [0.5, 0.6) is 0 Å². The molecular formula is C47H80N16O19. The van der Waals surface area contributed by atoms with E-state index in [-0.39, 0.29) is 50.0 Å². The first-order chi connectivity index (χ1) is 38.2. The van der Waals surface area contributed by atoms with E-state index in [1.54, 1.807) is 27.7 Å². The molecule has 0 bridgehead atoms. The monoisotopic (exact) mass is 1170 g/mol. The zero-order valence-corrected chi connectivity index (χ0v) is 46.2. The number of hydrogen-bond acceptors (Lipinski definition) is 18. The molecule has 24 N–H and O–H groups in total. The van der Waals surface area contributed by atoms with Crippen LogP contribution in [0.3, 0.4) is 0 Å². The van der Waals surface area contributed by atoms with Crippen LogP contribution >= 0.6 is 0 Å². The Morgan fingerprint density at radius 3 is 1.29 bits per heavy atom. The topological polar surface area (TPSA) is 600 Å². The minimum atomic E-state index is -1.89. The fraction of sp³-hybridized carbons (Fsp3) is 0.660. The highest BCUT2D eigenvalue weighted by molar-refractivity contribution is 5.99. The minimum absolute atomic E-state index is 0.00150. The van der Waals surface area contributed by atoms with Gasteiger partial charge < -0.3 is 102 Å². The Bertz CT molecular complexity index is 2310. The van der Waals surface area contributed by atoms with E-state index in [1.807, 2.05) is 0 Å². The van der Waals surface area contributed by atoms with Gasteiger partial charge in [0.2, 0.25) is 70.9 Å². The van der Waals surface area contributed by atoms with E-state index in [2.05, 4.69) is 58.2 Å². The highest BCUT2D eigenvalue weighted by Gasteiger charge is 2.34. The summed E-state index contributed by atoms with van der Waals surface area (Å²) in [7, 11) is 0. The van der Waals surface area contributed by atoms with Crippen LogP contribution in [0.25, 0.3) is 0 Å². The maximum atomic E-state index is 13.8. The molecule has 0 spiro atoms. The number of nitrogens with one attached hydrogen (secondary N) is 10. The average Bonchev–Trinajstić information content (AvgIpc) is 3.36. The first-order valence-corrected chi connectivity index (χ1v) is 25.8. The number of rotatable bonds is 41. The summed E-state index contributed by atoms with van der Waals surface area (Å²) in [5.41, 5.74) is 27.2. The largest absolute Gasteiger partial charge is 0.481 e. The number of carboxylic acids is 3. The summed E-state index contributed by atoms with van der Waals surface area (Å²) in [6.07, 6.45) is -4.10. The van der Waals surface area contributed by atoms with E-state index in [1.165, 1.54) is 0 Å². The van der Waals surface area contributed by atoms with Gasteiger partial charge in [0.05, 0.1) is 32.2 Å². The number of aliphatic imine (C=N–C) groups is 1. The fourth-order valence-electron chi connectivity index (χ4n) is 7.15. The molecule has 0 aromatic rings. The Kier molecular flexibility index (Phi) is 33.9. The quantitative estimate of drug-likeness (QED) is 0.0154. The van der Waals surface area contributed by atoms with E-state index < -0.39 is 208 Å². The second-order valence-electron chi connectivity index (χ2n) is 19.6. The molecule has 0 aromatic heterocycles. The molecular weight excluding hydrogens is 1090 g/mol. The molecule has 82 heavy (non-hydrogen) atoms. The van der Waals surface area contributed by atoms with Gasteiger partial charge in [-0.3, -0.25) is 72.1 Å². The number of aliphatic hydroxyl groups excluding tert-OH is 1. The van der Waals surface area contributed by atoms with E-state index in [9.17, 15) is 87.2 Å². The van der Waals surface area contributed by atoms with Gasteiger partial charge in [0.1, 0.15) is 48.3 Å². The van der Waals surface area contributed by atoms with Crippen LogP contribution < -0.4 is 81.8 Å². The molecule has 0 aliphatic heterocycles. The van der Waals surface area contributed by atoms with Crippen molar-refractivity contribution < 1.29 is 92.3 Å². The van der Waals surface area contributed by atoms with Crippen molar-refractivity contribution >= 4 is 94.8 Å². The third-order valence-electron chi connectivity index (χ3n) is 11.3. The summed E-state index contributed by atoms with van der Waals surface area (Å²) in [6, 6.07) is -14.2. The summed E-state index contributed by atoms with van der Waals surface area (Å²) in [5.74, 6) is -17.4.